The molecule has 1 heteroatoms. The average Bonchev–Trinajstić information content (AvgIpc) is 3.63. The van der Waals surface area contributed by atoms with Crippen LogP contribution >= 0.6 is 0 Å². The van der Waals surface area contributed by atoms with Crippen LogP contribution in [-0.2, 0) is 10.8 Å². The molecule has 278 valence electrons. The molecule has 0 bridgehead atoms. The van der Waals surface area contributed by atoms with Crippen LogP contribution in [-0.4, -0.2) is 0 Å². The van der Waals surface area contributed by atoms with E-state index in [2.05, 4.69) is 222 Å². The zero-order valence-electron chi connectivity index (χ0n) is 33.8. The Morgan fingerprint density at radius 1 is 0.328 bits per heavy atom. The van der Waals surface area contributed by atoms with Gasteiger partial charge in [-0.2, -0.15) is 0 Å². The zero-order valence-corrected chi connectivity index (χ0v) is 33.8. The Labute approximate surface area is 341 Å². The van der Waals surface area contributed by atoms with Gasteiger partial charge in [-0.05, 0) is 144 Å². The van der Waals surface area contributed by atoms with Crippen molar-refractivity contribution in [3.8, 4) is 44.5 Å². The first kappa shape index (κ1) is 34.5. The predicted molar refractivity (Wildman–Crippen MR) is 247 cm³/mol. The number of anilines is 3. The maximum Gasteiger partial charge on any atom is 0.0465 e. The Kier molecular flexibility index (Phi) is 7.53. The van der Waals surface area contributed by atoms with Crippen molar-refractivity contribution in [1.82, 2.24) is 0 Å². The highest BCUT2D eigenvalue weighted by molar-refractivity contribution is 6.10. The summed E-state index contributed by atoms with van der Waals surface area (Å²) in [5.74, 6) is 0. The standard InChI is InChI=1S/C57H45N/c1-36-24-26-39(27-25-36)58(40-28-30-46-50(32-40)56(2,3)52-34-48(37-16-8-6-9-17-37)42-20-12-14-22-44(42)54(46)52)41-29-31-47-51(33-41)57(4,5)53-35-49(38-18-10-7-11-19-38)43-21-13-15-23-45(43)55(47)53/h6-35H,1-5H3. The van der Waals surface area contributed by atoms with E-state index in [1.165, 1.54) is 105 Å². The Hall–Kier alpha value is -6.70. The molecule has 1 nitrogen and oxygen atoms in total. The lowest BCUT2D eigenvalue weighted by Gasteiger charge is -2.30. The summed E-state index contributed by atoms with van der Waals surface area (Å²) in [5.41, 5.74) is 20.3. The van der Waals surface area contributed by atoms with Crippen LogP contribution in [0, 0.1) is 6.92 Å². The number of nitrogens with zero attached hydrogens (tertiary/aromatic N) is 1. The third-order valence-electron chi connectivity index (χ3n) is 13.3. The van der Waals surface area contributed by atoms with Gasteiger partial charge in [0.15, 0.2) is 0 Å². The van der Waals surface area contributed by atoms with Gasteiger partial charge in [0.25, 0.3) is 0 Å². The van der Waals surface area contributed by atoms with E-state index >= 15 is 0 Å². The lowest BCUT2D eigenvalue weighted by molar-refractivity contribution is 0.660. The number of aryl methyl sites for hydroxylation is 1. The van der Waals surface area contributed by atoms with Crippen LogP contribution in [0.3, 0.4) is 0 Å². The second kappa shape index (κ2) is 12.7. The molecule has 0 unspecified atom stereocenters. The van der Waals surface area contributed by atoms with E-state index in [0.29, 0.717) is 0 Å². The van der Waals surface area contributed by atoms with Gasteiger partial charge in [-0.3, -0.25) is 0 Å². The molecule has 0 fully saturated rings. The van der Waals surface area contributed by atoms with Crippen LogP contribution in [0.1, 0.15) is 55.5 Å². The molecule has 9 aromatic rings. The molecule has 0 amide bonds. The summed E-state index contributed by atoms with van der Waals surface area (Å²) in [5, 5.41) is 5.23. The molecule has 2 aliphatic rings. The molecule has 0 aliphatic heterocycles. The van der Waals surface area contributed by atoms with Crippen LogP contribution in [0.15, 0.2) is 182 Å². The molecule has 58 heavy (non-hydrogen) atoms. The van der Waals surface area contributed by atoms with E-state index in [1.54, 1.807) is 0 Å². The summed E-state index contributed by atoms with van der Waals surface area (Å²) in [6.07, 6.45) is 0. The zero-order chi connectivity index (χ0) is 39.3. The predicted octanol–water partition coefficient (Wildman–Crippen LogP) is 15.7. The van der Waals surface area contributed by atoms with E-state index in [4.69, 9.17) is 0 Å². The molecule has 0 spiro atoms. The Bertz CT molecular complexity index is 2910. The summed E-state index contributed by atoms with van der Waals surface area (Å²) >= 11 is 0. The van der Waals surface area contributed by atoms with Crippen LogP contribution in [0.4, 0.5) is 17.1 Å². The van der Waals surface area contributed by atoms with Crippen molar-refractivity contribution >= 4 is 38.6 Å². The molecule has 0 heterocycles. The van der Waals surface area contributed by atoms with Gasteiger partial charge >= 0.3 is 0 Å². The van der Waals surface area contributed by atoms with Crippen molar-refractivity contribution in [3.63, 3.8) is 0 Å². The maximum atomic E-state index is 2.47. The second-order valence-corrected chi connectivity index (χ2v) is 17.4. The number of hydrogen-bond donors (Lipinski definition) is 0. The van der Waals surface area contributed by atoms with Crippen molar-refractivity contribution in [2.24, 2.45) is 0 Å². The minimum Gasteiger partial charge on any atom is -0.310 e. The summed E-state index contributed by atoms with van der Waals surface area (Å²) < 4.78 is 0. The average molecular weight is 744 g/mol. The minimum absolute atomic E-state index is 0.202. The van der Waals surface area contributed by atoms with Gasteiger partial charge in [-0.1, -0.05) is 167 Å². The van der Waals surface area contributed by atoms with Crippen molar-refractivity contribution in [3.05, 3.63) is 210 Å². The van der Waals surface area contributed by atoms with Crippen LogP contribution in [0.5, 0.6) is 0 Å². The fourth-order valence-corrected chi connectivity index (χ4v) is 10.3. The Balaban J connectivity index is 1.09. The van der Waals surface area contributed by atoms with E-state index in [-0.39, 0.29) is 10.8 Å². The Morgan fingerprint density at radius 3 is 1.14 bits per heavy atom. The molecular weight excluding hydrogens is 699 g/mol. The topological polar surface area (TPSA) is 3.24 Å². The highest BCUT2D eigenvalue weighted by Gasteiger charge is 2.40. The van der Waals surface area contributed by atoms with Crippen LogP contribution < -0.4 is 4.90 Å². The van der Waals surface area contributed by atoms with E-state index in [0.717, 1.165) is 5.69 Å². The minimum atomic E-state index is -0.202. The lowest BCUT2D eigenvalue weighted by Crippen LogP contribution is -2.18. The molecule has 9 aromatic carbocycles. The van der Waals surface area contributed by atoms with E-state index in [9.17, 15) is 0 Å². The van der Waals surface area contributed by atoms with Gasteiger partial charge < -0.3 is 4.90 Å². The third kappa shape index (κ3) is 5.02. The van der Waals surface area contributed by atoms with Gasteiger partial charge in [0, 0.05) is 27.9 Å². The largest absolute Gasteiger partial charge is 0.310 e. The van der Waals surface area contributed by atoms with Crippen LogP contribution in [0.25, 0.3) is 66.1 Å². The third-order valence-corrected chi connectivity index (χ3v) is 13.3. The van der Waals surface area contributed by atoms with Crippen molar-refractivity contribution in [2.45, 2.75) is 45.4 Å². The summed E-state index contributed by atoms with van der Waals surface area (Å²) in [4.78, 5) is 2.47. The summed E-state index contributed by atoms with van der Waals surface area (Å²) in [7, 11) is 0. The second-order valence-electron chi connectivity index (χ2n) is 17.4. The number of benzene rings is 9. The fourth-order valence-electron chi connectivity index (χ4n) is 10.3. The quantitative estimate of drug-likeness (QED) is 0.170. The molecule has 0 saturated heterocycles. The molecule has 11 rings (SSSR count). The monoisotopic (exact) mass is 743 g/mol. The highest BCUT2D eigenvalue weighted by Crippen LogP contribution is 2.57. The normalized spacial score (nSPS) is 14.2. The van der Waals surface area contributed by atoms with Gasteiger partial charge in [0.2, 0.25) is 0 Å². The van der Waals surface area contributed by atoms with Crippen molar-refractivity contribution < 1.29 is 0 Å². The van der Waals surface area contributed by atoms with Gasteiger partial charge in [-0.25, -0.2) is 0 Å². The molecule has 2 aliphatic carbocycles. The Morgan fingerprint density at radius 2 is 0.707 bits per heavy atom. The smallest absolute Gasteiger partial charge is 0.0465 e. The maximum absolute atomic E-state index is 2.47. The van der Waals surface area contributed by atoms with E-state index in [1.807, 2.05) is 0 Å². The number of fused-ring (bicyclic) bond motifs is 10. The first-order valence-corrected chi connectivity index (χ1v) is 20.6. The van der Waals surface area contributed by atoms with E-state index < -0.39 is 0 Å². The summed E-state index contributed by atoms with van der Waals surface area (Å²) in [6, 6.07) is 68.0. The first-order valence-electron chi connectivity index (χ1n) is 20.6. The van der Waals surface area contributed by atoms with Crippen molar-refractivity contribution in [1.29, 1.82) is 0 Å². The molecule has 0 radical (unpaired) electrons. The highest BCUT2D eigenvalue weighted by atomic mass is 15.1. The first-order chi connectivity index (χ1) is 28.2. The molecule has 0 N–H and O–H groups in total. The SMILES string of the molecule is Cc1ccc(N(c2ccc3c(c2)C(C)(C)c2cc(-c4ccccc4)c4ccccc4c2-3)c2ccc3c(c2)C(C)(C)c2cc(-c4ccccc4)c4ccccc4c2-3)cc1. The summed E-state index contributed by atoms with van der Waals surface area (Å²) in [6.45, 7) is 11.8. The molecule has 0 atom stereocenters. The number of hydrogen-bond acceptors (Lipinski definition) is 1. The molecule has 0 aromatic heterocycles. The molecule has 0 saturated carbocycles. The molecular formula is C57H45N. The van der Waals surface area contributed by atoms with Gasteiger partial charge in [0.1, 0.15) is 0 Å². The van der Waals surface area contributed by atoms with Gasteiger partial charge in [0.05, 0.1) is 0 Å². The van der Waals surface area contributed by atoms with Crippen LogP contribution in [0.2, 0.25) is 0 Å². The number of rotatable bonds is 5. The fraction of sp³-hybridized carbons (Fsp3) is 0.123. The lowest BCUT2D eigenvalue weighted by atomic mass is 9.80. The van der Waals surface area contributed by atoms with Crippen molar-refractivity contribution in [2.75, 3.05) is 4.90 Å². The van der Waals surface area contributed by atoms with Gasteiger partial charge in [-0.15, -0.1) is 0 Å².